The van der Waals surface area contributed by atoms with Crippen molar-refractivity contribution in [3.8, 4) is 56.7 Å². The van der Waals surface area contributed by atoms with Gasteiger partial charge < -0.3 is 8.83 Å². The molecule has 0 amide bonds. The van der Waals surface area contributed by atoms with Crippen molar-refractivity contribution in [2.24, 2.45) is 0 Å². The first kappa shape index (κ1) is 28.1. The van der Waals surface area contributed by atoms with Crippen LogP contribution in [0.3, 0.4) is 0 Å². The molecule has 0 aliphatic carbocycles. The highest BCUT2D eigenvalue weighted by atomic mass is 16.4. The van der Waals surface area contributed by atoms with Crippen molar-refractivity contribution < 1.29 is 8.83 Å². The number of benzene rings is 7. The lowest BCUT2D eigenvalue weighted by Crippen LogP contribution is -2.00. The monoisotopic (exact) mass is 642 g/mol. The number of furan rings is 1. The summed E-state index contributed by atoms with van der Waals surface area (Å²) in [5, 5.41) is 4.15. The van der Waals surface area contributed by atoms with E-state index in [1.807, 2.05) is 84.9 Å². The summed E-state index contributed by atoms with van der Waals surface area (Å²) in [6.45, 7) is 0. The maximum absolute atomic E-state index is 6.43. The van der Waals surface area contributed by atoms with E-state index >= 15 is 0 Å². The van der Waals surface area contributed by atoms with Crippen LogP contribution in [-0.2, 0) is 0 Å². The van der Waals surface area contributed by atoms with Gasteiger partial charge in [0.15, 0.2) is 23.1 Å². The molecule has 0 radical (unpaired) electrons. The fourth-order valence-corrected chi connectivity index (χ4v) is 6.63. The maximum atomic E-state index is 6.43. The minimum atomic E-state index is 0.567. The molecule has 234 valence electrons. The molecule has 6 nitrogen and oxygen atoms in total. The second-order valence-electron chi connectivity index (χ2n) is 12.3. The Balaban J connectivity index is 1.07. The van der Waals surface area contributed by atoms with Crippen molar-refractivity contribution in [1.82, 2.24) is 19.9 Å². The summed E-state index contributed by atoms with van der Waals surface area (Å²) < 4.78 is 12.7. The summed E-state index contributed by atoms with van der Waals surface area (Å²) in [7, 11) is 0. The van der Waals surface area contributed by atoms with E-state index in [9.17, 15) is 0 Å². The van der Waals surface area contributed by atoms with E-state index in [4.69, 9.17) is 28.8 Å². The zero-order chi connectivity index (χ0) is 33.0. The number of fused-ring (bicyclic) bond motifs is 6. The van der Waals surface area contributed by atoms with Crippen LogP contribution in [0.15, 0.2) is 167 Å². The third-order valence-corrected chi connectivity index (χ3v) is 9.17. The molecule has 6 heteroatoms. The van der Waals surface area contributed by atoms with E-state index in [1.54, 1.807) is 0 Å². The predicted octanol–water partition coefficient (Wildman–Crippen LogP) is 11.4. The first-order valence-electron chi connectivity index (χ1n) is 16.5. The second-order valence-corrected chi connectivity index (χ2v) is 12.3. The van der Waals surface area contributed by atoms with Gasteiger partial charge in [0, 0.05) is 27.6 Å². The highest BCUT2D eigenvalue weighted by Gasteiger charge is 2.19. The summed E-state index contributed by atoms with van der Waals surface area (Å²) in [4.78, 5) is 19.8. The quantitative estimate of drug-likeness (QED) is 0.186. The average molecular weight is 643 g/mol. The molecule has 0 fully saturated rings. The largest absolute Gasteiger partial charge is 0.456 e. The molecule has 0 aliphatic heterocycles. The summed E-state index contributed by atoms with van der Waals surface area (Å²) in [6, 6.07) is 53.2. The molecule has 7 aromatic carbocycles. The number of hydrogen-bond acceptors (Lipinski definition) is 6. The lowest BCUT2D eigenvalue weighted by molar-refractivity contribution is 0.619. The van der Waals surface area contributed by atoms with E-state index in [1.165, 1.54) is 10.9 Å². The Morgan fingerprint density at radius 2 is 0.900 bits per heavy atom. The van der Waals surface area contributed by atoms with Crippen molar-refractivity contribution in [2.45, 2.75) is 0 Å². The molecule has 0 saturated carbocycles. The minimum absolute atomic E-state index is 0.567. The smallest absolute Gasteiger partial charge is 0.227 e. The molecule has 0 bridgehead atoms. The van der Waals surface area contributed by atoms with Gasteiger partial charge in [-0.05, 0) is 64.4 Å². The minimum Gasteiger partial charge on any atom is -0.456 e. The van der Waals surface area contributed by atoms with Crippen LogP contribution in [0.25, 0.3) is 101 Å². The van der Waals surface area contributed by atoms with Gasteiger partial charge in [0.25, 0.3) is 0 Å². The van der Waals surface area contributed by atoms with Gasteiger partial charge in [-0.25, -0.2) is 19.9 Å². The van der Waals surface area contributed by atoms with E-state index in [2.05, 4.69) is 72.8 Å². The molecule has 0 aliphatic rings. The summed E-state index contributed by atoms with van der Waals surface area (Å²) in [5.41, 5.74) is 8.82. The SMILES string of the molecule is c1ccc(-c2ccc(-c3nc4c(ccc5oc6cc(-c7nc(-c8ccccc8)nc(-c8ccc9ccccc9c8)n7)ccc6c54)o3)cc2)cc1. The van der Waals surface area contributed by atoms with E-state index in [0.29, 0.717) is 28.9 Å². The van der Waals surface area contributed by atoms with Crippen LogP contribution in [0.5, 0.6) is 0 Å². The van der Waals surface area contributed by atoms with Crippen molar-refractivity contribution in [3.63, 3.8) is 0 Å². The van der Waals surface area contributed by atoms with Crippen LogP contribution in [0, 0.1) is 0 Å². The molecule has 3 aromatic heterocycles. The Labute approximate surface area is 286 Å². The molecular weight excluding hydrogens is 617 g/mol. The van der Waals surface area contributed by atoms with Crippen LogP contribution in [0.4, 0.5) is 0 Å². The molecule has 3 heterocycles. The van der Waals surface area contributed by atoms with Gasteiger partial charge in [-0.2, -0.15) is 0 Å². The molecule has 0 saturated heterocycles. The molecule has 10 aromatic rings. The van der Waals surface area contributed by atoms with Crippen molar-refractivity contribution in [1.29, 1.82) is 0 Å². The maximum Gasteiger partial charge on any atom is 0.227 e. The van der Waals surface area contributed by atoms with Gasteiger partial charge in [-0.1, -0.05) is 115 Å². The summed E-state index contributed by atoms with van der Waals surface area (Å²) in [6.07, 6.45) is 0. The molecule has 0 atom stereocenters. The fraction of sp³-hybridized carbons (Fsp3) is 0. The zero-order valence-corrected chi connectivity index (χ0v) is 26.6. The lowest BCUT2D eigenvalue weighted by Gasteiger charge is -2.09. The highest BCUT2D eigenvalue weighted by molar-refractivity contribution is 6.17. The third kappa shape index (κ3) is 4.81. The predicted molar refractivity (Wildman–Crippen MR) is 199 cm³/mol. The first-order valence-corrected chi connectivity index (χ1v) is 16.5. The van der Waals surface area contributed by atoms with Crippen LogP contribution >= 0.6 is 0 Å². The molecule has 10 rings (SSSR count). The molecule has 0 N–H and O–H groups in total. The zero-order valence-electron chi connectivity index (χ0n) is 26.6. The lowest BCUT2D eigenvalue weighted by atomic mass is 10.0. The average Bonchev–Trinajstić information content (AvgIpc) is 3.80. The standard InChI is InChI=1S/C44H26N4O2/c1-3-9-27(10-4-1)29-15-18-31(19-16-29)44-45-40-37(50-44)24-23-36-39(40)35-22-21-34(26-38(35)49-36)43-47-41(30-12-5-2-6-13-30)46-42(48-43)33-20-17-28-11-7-8-14-32(28)25-33/h1-26H. The van der Waals surface area contributed by atoms with Crippen LogP contribution < -0.4 is 0 Å². The molecule has 50 heavy (non-hydrogen) atoms. The van der Waals surface area contributed by atoms with Crippen LogP contribution in [0.2, 0.25) is 0 Å². The van der Waals surface area contributed by atoms with Gasteiger partial charge >= 0.3 is 0 Å². The van der Waals surface area contributed by atoms with Gasteiger partial charge in [0.2, 0.25) is 5.89 Å². The topological polar surface area (TPSA) is 77.8 Å². The molecule has 0 spiro atoms. The van der Waals surface area contributed by atoms with Gasteiger partial charge in [-0.3, -0.25) is 0 Å². The first-order chi connectivity index (χ1) is 24.7. The number of aromatic nitrogens is 4. The van der Waals surface area contributed by atoms with E-state index in [-0.39, 0.29) is 0 Å². The fourth-order valence-electron chi connectivity index (χ4n) is 6.63. The molecule has 0 unspecified atom stereocenters. The number of nitrogens with zero attached hydrogens (tertiary/aromatic N) is 4. The number of rotatable bonds is 5. The molecular formula is C44H26N4O2. The van der Waals surface area contributed by atoms with Crippen molar-refractivity contribution >= 4 is 43.8 Å². The Kier molecular flexibility index (Phi) is 6.39. The normalized spacial score (nSPS) is 11.6. The van der Waals surface area contributed by atoms with E-state index in [0.717, 1.165) is 60.7 Å². The van der Waals surface area contributed by atoms with Crippen LogP contribution in [0.1, 0.15) is 0 Å². The Hall–Kier alpha value is -6.92. The van der Waals surface area contributed by atoms with Crippen molar-refractivity contribution in [2.75, 3.05) is 0 Å². The third-order valence-electron chi connectivity index (χ3n) is 9.17. The Morgan fingerprint density at radius 3 is 1.66 bits per heavy atom. The second kappa shape index (κ2) is 11.4. The summed E-state index contributed by atoms with van der Waals surface area (Å²) in [5.74, 6) is 2.35. The summed E-state index contributed by atoms with van der Waals surface area (Å²) >= 11 is 0. The Bertz CT molecular complexity index is 2860. The van der Waals surface area contributed by atoms with Gasteiger partial charge in [0.1, 0.15) is 16.7 Å². The van der Waals surface area contributed by atoms with Crippen molar-refractivity contribution in [3.05, 3.63) is 158 Å². The van der Waals surface area contributed by atoms with Gasteiger partial charge in [0.05, 0.1) is 5.39 Å². The van der Waals surface area contributed by atoms with Crippen LogP contribution in [-0.4, -0.2) is 19.9 Å². The van der Waals surface area contributed by atoms with E-state index < -0.39 is 0 Å². The van der Waals surface area contributed by atoms with Gasteiger partial charge in [-0.15, -0.1) is 0 Å². The Morgan fingerprint density at radius 1 is 0.340 bits per heavy atom. The number of hydrogen-bond donors (Lipinski definition) is 0. The number of oxazole rings is 1. The highest BCUT2D eigenvalue weighted by Crippen LogP contribution is 2.38.